The lowest BCUT2D eigenvalue weighted by atomic mass is 9.99. The van der Waals surface area contributed by atoms with Gasteiger partial charge in [0.05, 0.1) is 0 Å². The van der Waals surface area contributed by atoms with Crippen molar-refractivity contribution in [2.45, 2.75) is 123 Å². The Morgan fingerprint density at radius 1 is 0.619 bits per heavy atom. The standard InChI is InChI=1S/C19H42OSi/c1-4-5-6-7-8-9-10-11-12-13-14-15-16-17-18-19(2,3)20-21/h4-18H2,1-3,21H3. The van der Waals surface area contributed by atoms with Crippen LogP contribution in [0.3, 0.4) is 0 Å². The Labute approximate surface area is 138 Å². The lowest BCUT2D eigenvalue weighted by Gasteiger charge is -2.23. The van der Waals surface area contributed by atoms with E-state index in [4.69, 9.17) is 4.43 Å². The van der Waals surface area contributed by atoms with E-state index in [0.717, 1.165) is 10.5 Å². The summed E-state index contributed by atoms with van der Waals surface area (Å²) in [6.45, 7) is 6.74. The molecule has 128 valence electrons. The lowest BCUT2D eigenvalue weighted by Crippen LogP contribution is -2.22. The summed E-state index contributed by atoms with van der Waals surface area (Å²) in [4.78, 5) is 0. The number of rotatable bonds is 16. The van der Waals surface area contributed by atoms with Gasteiger partial charge in [-0.1, -0.05) is 96.8 Å². The van der Waals surface area contributed by atoms with Gasteiger partial charge in [-0.2, -0.15) is 0 Å². The van der Waals surface area contributed by atoms with Crippen LogP contribution < -0.4 is 0 Å². The Kier molecular flexibility index (Phi) is 15.2. The van der Waals surface area contributed by atoms with E-state index in [-0.39, 0.29) is 5.60 Å². The molecule has 0 aliphatic carbocycles. The zero-order valence-electron chi connectivity index (χ0n) is 15.5. The monoisotopic (exact) mass is 314 g/mol. The van der Waals surface area contributed by atoms with Crippen LogP contribution in [0.15, 0.2) is 0 Å². The first-order chi connectivity index (χ1) is 10.1. The molecular formula is C19H42OSi. The first-order valence-corrected chi connectivity index (χ1v) is 10.5. The molecule has 0 radical (unpaired) electrons. The van der Waals surface area contributed by atoms with Gasteiger partial charge in [-0.05, 0) is 20.3 Å². The maximum absolute atomic E-state index is 5.59. The van der Waals surface area contributed by atoms with E-state index in [1.54, 1.807) is 0 Å². The van der Waals surface area contributed by atoms with Crippen LogP contribution in [0.1, 0.15) is 117 Å². The summed E-state index contributed by atoms with van der Waals surface area (Å²) in [5.74, 6) is 0. The summed E-state index contributed by atoms with van der Waals surface area (Å²) in [7, 11) is 0.868. The molecule has 0 aromatic carbocycles. The van der Waals surface area contributed by atoms with Crippen molar-refractivity contribution in [3.8, 4) is 0 Å². The van der Waals surface area contributed by atoms with Crippen molar-refractivity contribution in [3.05, 3.63) is 0 Å². The highest BCUT2D eigenvalue weighted by molar-refractivity contribution is 5.98. The van der Waals surface area contributed by atoms with Gasteiger partial charge >= 0.3 is 0 Å². The van der Waals surface area contributed by atoms with Gasteiger partial charge in [-0.25, -0.2) is 0 Å². The van der Waals surface area contributed by atoms with Crippen LogP contribution in [0.25, 0.3) is 0 Å². The third kappa shape index (κ3) is 16.4. The van der Waals surface area contributed by atoms with E-state index < -0.39 is 0 Å². The molecule has 0 aromatic rings. The lowest BCUT2D eigenvalue weighted by molar-refractivity contribution is 0.109. The van der Waals surface area contributed by atoms with Crippen molar-refractivity contribution in [1.29, 1.82) is 0 Å². The van der Waals surface area contributed by atoms with E-state index in [0.29, 0.717) is 0 Å². The van der Waals surface area contributed by atoms with Crippen molar-refractivity contribution in [2.75, 3.05) is 0 Å². The van der Waals surface area contributed by atoms with E-state index in [1.165, 1.54) is 96.3 Å². The van der Waals surface area contributed by atoms with Gasteiger partial charge in [-0.3, -0.25) is 0 Å². The molecule has 0 heterocycles. The van der Waals surface area contributed by atoms with E-state index in [9.17, 15) is 0 Å². The maximum atomic E-state index is 5.59. The minimum absolute atomic E-state index is 0.142. The third-order valence-corrected chi connectivity index (χ3v) is 5.79. The summed E-state index contributed by atoms with van der Waals surface area (Å²) in [6.07, 6.45) is 21.4. The summed E-state index contributed by atoms with van der Waals surface area (Å²) < 4.78 is 5.59. The van der Waals surface area contributed by atoms with E-state index in [1.807, 2.05) is 0 Å². The van der Waals surface area contributed by atoms with E-state index in [2.05, 4.69) is 20.8 Å². The molecule has 0 aliphatic heterocycles. The van der Waals surface area contributed by atoms with Crippen molar-refractivity contribution in [1.82, 2.24) is 0 Å². The van der Waals surface area contributed by atoms with Crippen LogP contribution in [-0.4, -0.2) is 16.1 Å². The number of unbranched alkanes of at least 4 members (excludes halogenated alkanes) is 13. The number of hydrogen-bond acceptors (Lipinski definition) is 1. The largest absolute Gasteiger partial charge is 0.423 e. The minimum Gasteiger partial charge on any atom is -0.423 e. The van der Waals surface area contributed by atoms with Crippen LogP contribution in [0.4, 0.5) is 0 Å². The van der Waals surface area contributed by atoms with E-state index >= 15 is 0 Å². The average molecular weight is 315 g/mol. The molecule has 0 spiro atoms. The molecule has 2 heteroatoms. The number of hydrogen-bond donors (Lipinski definition) is 0. The van der Waals surface area contributed by atoms with Gasteiger partial charge in [-0.15, -0.1) is 0 Å². The highest BCUT2D eigenvalue weighted by Gasteiger charge is 2.13. The van der Waals surface area contributed by atoms with Crippen LogP contribution in [-0.2, 0) is 4.43 Å². The fourth-order valence-electron chi connectivity index (χ4n) is 2.85. The quantitative estimate of drug-likeness (QED) is 0.253. The molecule has 1 nitrogen and oxygen atoms in total. The maximum Gasteiger partial charge on any atom is 0.146 e. The first kappa shape index (κ1) is 21.2. The highest BCUT2D eigenvalue weighted by atomic mass is 28.2. The van der Waals surface area contributed by atoms with Crippen LogP contribution in [0.5, 0.6) is 0 Å². The van der Waals surface area contributed by atoms with Gasteiger partial charge in [0.1, 0.15) is 10.5 Å². The molecule has 0 fully saturated rings. The van der Waals surface area contributed by atoms with Gasteiger partial charge in [0.2, 0.25) is 0 Å². The van der Waals surface area contributed by atoms with Crippen LogP contribution >= 0.6 is 0 Å². The molecule has 0 saturated heterocycles. The Morgan fingerprint density at radius 2 is 0.952 bits per heavy atom. The summed E-state index contributed by atoms with van der Waals surface area (Å²) in [5, 5.41) is 0. The topological polar surface area (TPSA) is 9.23 Å². The Balaban J connectivity index is 3.06. The molecule has 0 unspecified atom stereocenters. The van der Waals surface area contributed by atoms with Crippen molar-refractivity contribution in [2.24, 2.45) is 0 Å². The van der Waals surface area contributed by atoms with Gasteiger partial charge in [0, 0.05) is 5.60 Å². The summed E-state index contributed by atoms with van der Waals surface area (Å²) in [6, 6.07) is 0. The molecule has 0 rings (SSSR count). The molecule has 0 saturated carbocycles. The Morgan fingerprint density at radius 3 is 1.29 bits per heavy atom. The average Bonchev–Trinajstić information content (AvgIpc) is 2.47. The van der Waals surface area contributed by atoms with Crippen LogP contribution in [0.2, 0.25) is 0 Å². The van der Waals surface area contributed by atoms with Crippen molar-refractivity contribution >= 4 is 10.5 Å². The molecule has 0 atom stereocenters. The molecule has 21 heavy (non-hydrogen) atoms. The van der Waals surface area contributed by atoms with Crippen molar-refractivity contribution in [3.63, 3.8) is 0 Å². The second-order valence-electron chi connectivity index (χ2n) is 7.31. The second kappa shape index (κ2) is 15.1. The van der Waals surface area contributed by atoms with Gasteiger partial charge < -0.3 is 4.43 Å². The second-order valence-corrected chi connectivity index (χ2v) is 7.72. The fraction of sp³-hybridized carbons (Fsp3) is 1.00. The predicted molar refractivity (Wildman–Crippen MR) is 100 cm³/mol. The SMILES string of the molecule is CCCCCCCCCCCCCCCCC(C)(C)O[SiH3]. The Hall–Kier alpha value is 0.177. The molecular weight excluding hydrogens is 272 g/mol. The molecule has 0 N–H and O–H groups in total. The molecule has 0 aromatic heterocycles. The van der Waals surface area contributed by atoms with Gasteiger partial charge in [0.15, 0.2) is 0 Å². The summed E-state index contributed by atoms with van der Waals surface area (Å²) >= 11 is 0. The normalized spacial score (nSPS) is 12.1. The fourth-order valence-corrected chi connectivity index (χ4v) is 3.05. The van der Waals surface area contributed by atoms with Crippen molar-refractivity contribution < 1.29 is 4.43 Å². The Bertz CT molecular complexity index is 204. The molecule has 0 bridgehead atoms. The van der Waals surface area contributed by atoms with Crippen LogP contribution in [0, 0.1) is 0 Å². The predicted octanol–water partition coefficient (Wildman–Crippen LogP) is 5.93. The first-order valence-electron chi connectivity index (χ1n) is 9.67. The zero-order chi connectivity index (χ0) is 15.8. The highest BCUT2D eigenvalue weighted by Crippen LogP contribution is 2.18. The molecule has 0 amide bonds. The molecule has 0 aliphatic rings. The smallest absolute Gasteiger partial charge is 0.146 e. The third-order valence-electron chi connectivity index (χ3n) is 4.68. The van der Waals surface area contributed by atoms with Gasteiger partial charge in [0.25, 0.3) is 0 Å². The minimum atomic E-state index is 0.142. The zero-order valence-corrected chi connectivity index (χ0v) is 17.5. The summed E-state index contributed by atoms with van der Waals surface area (Å²) in [5.41, 5.74) is 0.142.